The number of halogens is 1. The number of hydrogen-bond acceptors (Lipinski definition) is 4. The average Bonchev–Trinajstić information content (AvgIpc) is 2.69. The van der Waals surface area contributed by atoms with Crippen LogP contribution in [0.1, 0.15) is 15.9 Å². The molecular formula is C20H15FN2O4. The number of amides is 1. The monoisotopic (exact) mass is 366 g/mol. The average molecular weight is 366 g/mol. The Labute approximate surface area is 154 Å². The van der Waals surface area contributed by atoms with Gasteiger partial charge in [0.25, 0.3) is 11.6 Å². The number of nitro benzene ring substituents is 1. The molecule has 0 heterocycles. The molecule has 0 fully saturated rings. The number of nitrogens with zero attached hydrogens (tertiary/aromatic N) is 1. The Hall–Kier alpha value is -3.74. The molecule has 0 spiro atoms. The molecular weight excluding hydrogens is 351 g/mol. The van der Waals surface area contributed by atoms with Crippen molar-refractivity contribution in [1.82, 2.24) is 5.32 Å². The van der Waals surface area contributed by atoms with Crippen LogP contribution in [0.15, 0.2) is 72.8 Å². The van der Waals surface area contributed by atoms with E-state index >= 15 is 0 Å². The van der Waals surface area contributed by atoms with Crippen molar-refractivity contribution < 1.29 is 18.8 Å². The van der Waals surface area contributed by atoms with Gasteiger partial charge in [0.05, 0.1) is 4.92 Å². The van der Waals surface area contributed by atoms with Gasteiger partial charge in [-0.1, -0.05) is 24.3 Å². The summed E-state index contributed by atoms with van der Waals surface area (Å²) in [5, 5.41) is 13.7. The van der Waals surface area contributed by atoms with Crippen LogP contribution >= 0.6 is 0 Å². The van der Waals surface area contributed by atoms with Gasteiger partial charge in [-0.25, -0.2) is 4.39 Å². The smallest absolute Gasteiger partial charge is 0.282 e. The first-order valence-electron chi connectivity index (χ1n) is 8.07. The molecule has 0 aliphatic rings. The number of carbonyl (C=O) groups is 1. The molecule has 3 aromatic carbocycles. The number of hydrogen-bond donors (Lipinski definition) is 1. The van der Waals surface area contributed by atoms with Gasteiger partial charge in [-0.15, -0.1) is 0 Å². The molecule has 136 valence electrons. The number of carbonyl (C=O) groups excluding carboxylic acids is 1. The van der Waals surface area contributed by atoms with Gasteiger partial charge < -0.3 is 10.1 Å². The van der Waals surface area contributed by atoms with E-state index in [9.17, 15) is 19.3 Å². The van der Waals surface area contributed by atoms with Crippen LogP contribution in [0.5, 0.6) is 11.5 Å². The molecule has 0 radical (unpaired) electrons. The van der Waals surface area contributed by atoms with E-state index in [1.54, 1.807) is 30.3 Å². The van der Waals surface area contributed by atoms with Crippen molar-refractivity contribution in [3.63, 3.8) is 0 Å². The lowest BCUT2D eigenvalue weighted by Crippen LogP contribution is -2.23. The van der Waals surface area contributed by atoms with Crippen LogP contribution in [0, 0.1) is 15.9 Å². The van der Waals surface area contributed by atoms with Crippen LogP contribution in [-0.4, -0.2) is 10.8 Å². The molecule has 0 saturated heterocycles. The molecule has 0 atom stereocenters. The SMILES string of the molecule is O=C(NCc1ccc(Oc2ccc(F)cc2)cc1)c1ccccc1[N+](=O)[O-]. The quantitative estimate of drug-likeness (QED) is 0.516. The zero-order valence-electron chi connectivity index (χ0n) is 14.1. The summed E-state index contributed by atoms with van der Waals surface area (Å²) in [6.45, 7) is 0.210. The van der Waals surface area contributed by atoms with E-state index in [0.717, 1.165) is 5.56 Å². The van der Waals surface area contributed by atoms with E-state index in [1.807, 2.05) is 0 Å². The summed E-state index contributed by atoms with van der Waals surface area (Å²) in [5.41, 5.74) is 0.574. The van der Waals surface area contributed by atoms with Crippen molar-refractivity contribution in [3.8, 4) is 11.5 Å². The van der Waals surface area contributed by atoms with E-state index in [4.69, 9.17) is 4.74 Å². The van der Waals surface area contributed by atoms with Crippen molar-refractivity contribution in [2.75, 3.05) is 0 Å². The standard InChI is InChI=1S/C20H15FN2O4/c21-15-7-11-17(12-8-15)27-16-9-5-14(6-10-16)13-22-20(24)18-3-1-2-4-19(18)23(25)26/h1-12H,13H2,(H,22,24). The largest absolute Gasteiger partial charge is 0.457 e. The molecule has 0 unspecified atom stereocenters. The van der Waals surface area contributed by atoms with Crippen LogP contribution < -0.4 is 10.1 Å². The predicted molar refractivity (Wildman–Crippen MR) is 97.2 cm³/mol. The molecule has 0 saturated carbocycles. The predicted octanol–water partition coefficient (Wildman–Crippen LogP) is 4.46. The summed E-state index contributed by atoms with van der Waals surface area (Å²) in [4.78, 5) is 22.6. The van der Waals surface area contributed by atoms with Gasteiger partial charge in [-0.05, 0) is 48.0 Å². The lowest BCUT2D eigenvalue weighted by atomic mass is 10.1. The Morgan fingerprint density at radius 1 is 0.963 bits per heavy atom. The maximum Gasteiger partial charge on any atom is 0.282 e. The Morgan fingerprint density at radius 3 is 2.19 bits per heavy atom. The summed E-state index contributed by atoms with van der Waals surface area (Å²) >= 11 is 0. The van der Waals surface area contributed by atoms with Crippen molar-refractivity contribution in [2.24, 2.45) is 0 Å². The van der Waals surface area contributed by atoms with Gasteiger partial charge in [-0.2, -0.15) is 0 Å². The van der Waals surface area contributed by atoms with Crippen molar-refractivity contribution in [1.29, 1.82) is 0 Å². The molecule has 7 heteroatoms. The summed E-state index contributed by atoms with van der Waals surface area (Å²) < 4.78 is 18.5. The maximum atomic E-state index is 12.9. The molecule has 0 bridgehead atoms. The van der Waals surface area contributed by atoms with E-state index in [-0.39, 0.29) is 23.6 Å². The number of nitro groups is 1. The number of para-hydroxylation sites is 1. The zero-order chi connectivity index (χ0) is 19.2. The Morgan fingerprint density at radius 2 is 1.56 bits per heavy atom. The first kappa shape index (κ1) is 18.1. The van der Waals surface area contributed by atoms with E-state index in [1.165, 1.54) is 42.5 Å². The molecule has 0 aliphatic heterocycles. The van der Waals surface area contributed by atoms with Crippen molar-refractivity contribution in [3.05, 3.63) is 99.9 Å². The minimum absolute atomic E-state index is 0.0127. The Bertz CT molecular complexity index is 956. The maximum absolute atomic E-state index is 12.9. The second-order valence-electron chi connectivity index (χ2n) is 5.66. The van der Waals surface area contributed by atoms with Crippen molar-refractivity contribution >= 4 is 11.6 Å². The fourth-order valence-electron chi connectivity index (χ4n) is 2.42. The van der Waals surface area contributed by atoms with Gasteiger partial charge in [0.1, 0.15) is 22.9 Å². The zero-order valence-corrected chi connectivity index (χ0v) is 14.1. The molecule has 3 aromatic rings. The summed E-state index contributed by atoms with van der Waals surface area (Å²) in [5.74, 6) is 0.213. The lowest BCUT2D eigenvalue weighted by Gasteiger charge is -2.08. The van der Waals surface area contributed by atoms with Crippen LogP contribution in [0.4, 0.5) is 10.1 Å². The molecule has 0 aromatic heterocycles. The third-order valence-corrected chi connectivity index (χ3v) is 3.77. The summed E-state index contributed by atoms with van der Waals surface area (Å²) in [7, 11) is 0. The van der Waals surface area contributed by atoms with Gasteiger partial charge in [0.15, 0.2) is 0 Å². The number of benzene rings is 3. The molecule has 27 heavy (non-hydrogen) atoms. The lowest BCUT2D eigenvalue weighted by molar-refractivity contribution is -0.385. The first-order valence-corrected chi connectivity index (χ1v) is 8.07. The van der Waals surface area contributed by atoms with Crippen LogP contribution in [0.2, 0.25) is 0 Å². The third-order valence-electron chi connectivity index (χ3n) is 3.77. The normalized spacial score (nSPS) is 10.3. The van der Waals surface area contributed by atoms with Gasteiger partial charge in [0, 0.05) is 12.6 Å². The molecule has 6 nitrogen and oxygen atoms in total. The van der Waals surface area contributed by atoms with Crippen LogP contribution in [0.25, 0.3) is 0 Å². The highest BCUT2D eigenvalue weighted by atomic mass is 19.1. The molecule has 1 N–H and O–H groups in total. The highest BCUT2D eigenvalue weighted by molar-refractivity contribution is 5.98. The van der Waals surface area contributed by atoms with Crippen LogP contribution in [0.3, 0.4) is 0 Å². The van der Waals surface area contributed by atoms with Crippen molar-refractivity contribution in [2.45, 2.75) is 6.54 Å². The fraction of sp³-hybridized carbons (Fsp3) is 0.0500. The third kappa shape index (κ3) is 4.66. The van der Waals surface area contributed by atoms with Gasteiger partial charge >= 0.3 is 0 Å². The first-order chi connectivity index (χ1) is 13.0. The van der Waals surface area contributed by atoms with Gasteiger partial charge in [-0.3, -0.25) is 14.9 Å². The second-order valence-corrected chi connectivity index (χ2v) is 5.66. The second kappa shape index (κ2) is 8.09. The van der Waals surface area contributed by atoms with E-state index in [0.29, 0.717) is 11.5 Å². The molecule has 3 rings (SSSR count). The topological polar surface area (TPSA) is 81.5 Å². The highest BCUT2D eigenvalue weighted by Gasteiger charge is 2.18. The summed E-state index contributed by atoms with van der Waals surface area (Å²) in [6, 6.07) is 18.4. The fourth-order valence-corrected chi connectivity index (χ4v) is 2.42. The number of rotatable bonds is 6. The summed E-state index contributed by atoms with van der Waals surface area (Å²) in [6.07, 6.45) is 0. The van der Waals surface area contributed by atoms with Gasteiger partial charge in [0.2, 0.25) is 0 Å². The number of ether oxygens (including phenoxy) is 1. The molecule has 1 amide bonds. The minimum atomic E-state index is -0.587. The molecule has 0 aliphatic carbocycles. The van der Waals surface area contributed by atoms with Crippen LogP contribution in [-0.2, 0) is 6.54 Å². The Kier molecular flexibility index (Phi) is 5.41. The Balaban J connectivity index is 1.61. The highest BCUT2D eigenvalue weighted by Crippen LogP contribution is 2.22. The minimum Gasteiger partial charge on any atom is -0.457 e. The number of nitrogens with one attached hydrogen (secondary N) is 1. The van der Waals surface area contributed by atoms with E-state index in [2.05, 4.69) is 5.32 Å². The van der Waals surface area contributed by atoms with E-state index < -0.39 is 10.8 Å².